The summed E-state index contributed by atoms with van der Waals surface area (Å²) in [7, 11) is -3.66. The fraction of sp³-hybridized carbons (Fsp3) is 0.200. The van der Waals surface area contributed by atoms with Crippen molar-refractivity contribution in [1.82, 2.24) is 5.32 Å². The van der Waals surface area contributed by atoms with Gasteiger partial charge >= 0.3 is 12.0 Å². The summed E-state index contributed by atoms with van der Waals surface area (Å²) in [4.78, 5) is 22.0. The maximum Gasteiger partial charge on any atom is 0.339 e. The Balaban J connectivity index is 2.59. The van der Waals surface area contributed by atoms with Crippen molar-refractivity contribution in [3.63, 3.8) is 0 Å². The molecular formula is C10H13N3O6S. The highest BCUT2D eigenvalue weighted by molar-refractivity contribution is 7.89. The molecule has 0 aliphatic heterocycles. The predicted molar refractivity (Wildman–Crippen MR) is 70.1 cm³/mol. The van der Waals surface area contributed by atoms with E-state index in [4.69, 9.17) is 10.2 Å². The summed E-state index contributed by atoms with van der Waals surface area (Å²) in [5.74, 6) is -2.21. The first-order valence-electron chi connectivity index (χ1n) is 5.30. The molecule has 0 fully saturated rings. The topological polar surface area (TPSA) is 159 Å². The van der Waals surface area contributed by atoms with Gasteiger partial charge in [-0.2, -0.15) is 0 Å². The summed E-state index contributed by atoms with van der Waals surface area (Å²) in [6, 6.07) is 2.75. The van der Waals surface area contributed by atoms with Crippen LogP contribution in [0.3, 0.4) is 0 Å². The summed E-state index contributed by atoms with van der Waals surface area (Å²) >= 11 is 0. The normalized spacial score (nSPS) is 10.8. The fourth-order valence-electron chi connectivity index (χ4n) is 1.27. The van der Waals surface area contributed by atoms with E-state index in [1.807, 2.05) is 0 Å². The molecule has 1 rings (SSSR count). The molecular weight excluding hydrogens is 290 g/mol. The zero-order valence-electron chi connectivity index (χ0n) is 10.2. The van der Waals surface area contributed by atoms with Crippen LogP contribution < -0.4 is 15.8 Å². The molecule has 110 valence electrons. The number of nitrogens with two attached hydrogens (primary N) is 1. The van der Waals surface area contributed by atoms with Crippen LogP contribution in [0, 0.1) is 0 Å². The van der Waals surface area contributed by atoms with Crippen LogP contribution in [0.15, 0.2) is 18.2 Å². The van der Waals surface area contributed by atoms with Crippen molar-refractivity contribution in [2.75, 3.05) is 17.6 Å². The summed E-state index contributed by atoms with van der Waals surface area (Å²) in [5.41, 5.74) is -0.147. The number of hydrogen-bond donors (Lipinski definition) is 5. The van der Waals surface area contributed by atoms with E-state index >= 15 is 0 Å². The standard InChI is InChI=1S/C10H13N3O6S/c11-20(18,19)4-3-12-10(17)13-6-1-2-7(9(15)16)8(14)5-6/h1-2,5,14H,3-4H2,(H,15,16)(H2,11,18,19)(H2,12,13,17). The molecule has 0 radical (unpaired) electrons. The Hall–Kier alpha value is -2.33. The van der Waals surface area contributed by atoms with E-state index in [1.165, 1.54) is 6.07 Å². The predicted octanol–water partition coefficient (Wildman–Crippen LogP) is -0.500. The van der Waals surface area contributed by atoms with Crippen molar-refractivity contribution in [2.24, 2.45) is 5.14 Å². The smallest absolute Gasteiger partial charge is 0.339 e. The quantitative estimate of drug-likeness (QED) is 0.493. The molecule has 0 aliphatic carbocycles. The van der Waals surface area contributed by atoms with Gasteiger partial charge in [-0.3, -0.25) is 0 Å². The first kappa shape index (κ1) is 15.7. The number of rotatable bonds is 5. The molecule has 0 aliphatic rings. The molecule has 0 saturated heterocycles. The number of aromatic carboxylic acids is 1. The van der Waals surface area contributed by atoms with E-state index in [0.717, 1.165) is 12.1 Å². The Bertz CT molecular complexity index is 628. The van der Waals surface area contributed by atoms with Crippen LogP contribution in [-0.4, -0.2) is 42.9 Å². The Morgan fingerprint density at radius 2 is 1.95 bits per heavy atom. The summed E-state index contributed by atoms with van der Waals surface area (Å²) in [5, 5.41) is 27.4. The van der Waals surface area contributed by atoms with Gasteiger partial charge < -0.3 is 20.8 Å². The summed E-state index contributed by atoms with van der Waals surface area (Å²) in [6.45, 7) is -0.177. The van der Waals surface area contributed by atoms with Gasteiger partial charge in [0.1, 0.15) is 11.3 Å². The molecule has 0 aromatic heterocycles. The van der Waals surface area contributed by atoms with Gasteiger partial charge in [0.15, 0.2) is 0 Å². The van der Waals surface area contributed by atoms with E-state index in [2.05, 4.69) is 10.6 Å². The maximum absolute atomic E-state index is 11.4. The van der Waals surface area contributed by atoms with Gasteiger partial charge in [-0.25, -0.2) is 23.1 Å². The van der Waals surface area contributed by atoms with E-state index in [0.29, 0.717) is 0 Å². The van der Waals surface area contributed by atoms with Gasteiger partial charge in [0.25, 0.3) is 0 Å². The number of aromatic hydroxyl groups is 1. The van der Waals surface area contributed by atoms with Crippen molar-refractivity contribution in [1.29, 1.82) is 0 Å². The lowest BCUT2D eigenvalue weighted by atomic mass is 10.2. The molecule has 0 atom stereocenters. The van der Waals surface area contributed by atoms with Gasteiger partial charge in [-0.1, -0.05) is 0 Å². The van der Waals surface area contributed by atoms with Crippen LogP contribution in [0.4, 0.5) is 10.5 Å². The Kier molecular flexibility index (Phi) is 4.88. The first-order chi connectivity index (χ1) is 9.19. The molecule has 9 nitrogen and oxygen atoms in total. The molecule has 1 aromatic carbocycles. The zero-order valence-corrected chi connectivity index (χ0v) is 11.0. The number of amides is 2. The number of carboxylic acids is 1. The number of carbonyl (C=O) groups excluding carboxylic acids is 1. The fourth-order valence-corrected chi connectivity index (χ4v) is 1.66. The van der Waals surface area contributed by atoms with E-state index < -0.39 is 33.5 Å². The lowest BCUT2D eigenvalue weighted by Gasteiger charge is -2.08. The number of hydrogen-bond acceptors (Lipinski definition) is 5. The molecule has 2 amide bonds. The van der Waals surface area contributed by atoms with Gasteiger partial charge in [0.2, 0.25) is 10.0 Å². The molecule has 1 aromatic rings. The molecule has 0 unspecified atom stereocenters. The number of carbonyl (C=O) groups is 2. The van der Waals surface area contributed by atoms with Crippen LogP contribution >= 0.6 is 0 Å². The second kappa shape index (κ2) is 6.21. The molecule has 0 saturated carbocycles. The lowest BCUT2D eigenvalue weighted by Crippen LogP contribution is -2.34. The van der Waals surface area contributed by atoms with Crippen molar-refractivity contribution in [3.8, 4) is 5.75 Å². The van der Waals surface area contributed by atoms with Crippen LogP contribution in [0.5, 0.6) is 5.75 Å². The van der Waals surface area contributed by atoms with E-state index in [9.17, 15) is 23.1 Å². The average molecular weight is 303 g/mol. The second-order valence-corrected chi connectivity index (χ2v) is 5.52. The Morgan fingerprint density at radius 3 is 2.45 bits per heavy atom. The minimum absolute atomic E-state index is 0.153. The second-order valence-electron chi connectivity index (χ2n) is 3.78. The SMILES string of the molecule is NS(=O)(=O)CCNC(=O)Nc1ccc(C(=O)O)c(O)c1. The van der Waals surface area contributed by atoms with Gasteiger partial charge in [0, 0.05) is 18.3 Å². The summed E-state index contributed by atoms with van der Waals surface area (Å²) in [6.07, 6.45) is 0. The molecule has 0 bridgehead atoms. The van der Waals surface area contributed by atoms with Crippen LogP contribution in [0.1, 0.15) is 10.4 Å². The number of anilines is 1. The van der Waals surface area contributed by atoms with Gasteiger partial charge in [-0.05, 0) is 12.1 Å². The maximum atomic E-state index is 11.4. The van der Waals surface area contributed by atoms with Crippen molar-refractivity contribution in [2.45, 2.75) is 0 Å². The number of sulfonamides is 1. The number of phenols is 1. The highest BCUT2D eigenvalue weighted by Crippen LogP contribution is 2.21. The first-order valence-corrected chi connectivity index (χ1v) is 7.02. The van der Waals surface area contributed by atoms with Gasteiger partial charge in [-0.15, -0.1) is 0 Å². The van der Waals surface area contributed by atoms with Crippen LogP contribution in [0.25, 0.3) is 0 Å². The monoisotopic (exact) mass is 303 g/mol. The minimum Gasteiger partial charge on any atom is -0.507 e. The Labute approximate surface area is 114 Å². The number of urea groups is 1. The lowest BCUT2D eigenvalue weighted by molar-refractivity contribution is 0.0693. The van der Waals surface area contributed by atoms with Crippen molar-refractivity contribution < 1.29 is 28.2 Å². The third-order valence-corrected chi connectivity index (χ3v) is 2.93. The molecule has 10 heteroatoms. The Morgan fingerprint density at radius 1 is 1.30 bits per heavy atom. The van der Waals surface area contributed by atoms with Crippen molar-refractivity contribution >= 4 is 27.7 Å². The number of benzene rings is 1. The van der Waals surface area contributed by atoms with Crippen LogP contribution in [-0.2, 0) is 10.0 Å². The number of primary sulfonamides is 1. The molecule has 0 heterocycles. The highest BCUT2D eigenvalue weighted by Gasteiger charge is 2.11. The van der Waals surface area contributed by atoms with E-state index in [1.54, 1.807) is 0 Å². The summed E-state index contributed by atoms with van der Waals surface area (Å²) < 4.78 is 21.3. The number of carboxylic acid groups (broad SMARTS) is 1. The minimum atomic E-state index is -3.66. The van der Waals surface area contributed by atoms with Crippen molar-refractivity contribution in [3.05, 3.63) is 23.8 Å². The highest BCUT2D eigenvalue weighted by atomic mass is 32.2. The molecule has 6 N–H and O–H groups in total. The van der Waals surface area contributed by atoms with Gasteiger partial charge in [0.05, 0.1) is 5.75 Å². The largest absolute Gasteiger partial charge is 0.507 e. The average Bonchev–Trinajstić information content (AvgIpc) is 2.26. The third-order valence-electron chi connectivity index (χ3n) is 2.16. The van der Waals surface area contributed by atoms with E-state index in [-0.39, 0.29) is 17.8 Å². The zero-order chi connectivity index (χ0) is 15.3. The molecule has 0 spiro atoms. The van der Waals surface area contributed by atoms with Crippen LogP contribution in [0.2, 0.25) is 0 Å². The number of nitrogens with one attached hydrogen (secondary N) is 2. The third kappa shape index (κ3) is 5.12. The molecule has 20 heavy (non-hydrogen) atoms.